The fourth-order valence-electron chi connectivity index (χ4n) is 1.56. The summed E-state index contributed by atoms with van der Waals surface area (Å²) in [5.41, 5.74) is -0.472. The third kappa shape index (κ3) is 3.12. The number of hydrogen-bond donors (Lipinski definition) is 1. The Kier molecular flexibility index (Phi) is 4.45. The second kappa shape index (κ2) is 5.70. The lowest BCUT2D eigenvalue weighted by Gasteiger charge is -2.27. The fraction of sp³-hybridized carbons (Fsp3) is 0.429. The number of aryl methyl sites for hydroxylation is 1. The average Bonchev–Trinajstić information content (AvgIpc) is 2.38. The molecule has 1 atom stereocenters. The van der Waals surface area contributed by atoms with Crippen LogP contribution in [0, 0.1) is 34.3 Å². The van der Waals surface area contributed by atoms with Crippen LogP contribution in [0.3, 0.4) is 0 Å². The zero-order valence-electron chi connectivity index (χ0n) is 11.9. The van der Waals surface area contributed by atoms with Gasteiger partial charge in [-0.05, 0) is 25.8 Å². The zero-order valence-corrected chi connectivity index (χ0v) is 11.9. The van der Waals surface area contributed by atoms with Crippen LogP contribution in [0.5, 0.6) is 0 Å². The number of nitro groups is 1. The SMILES string of the molecule is Cc1ccc(C(=O)N[C@](C)(C#N)C(C)C)cc1[N+](=O)[O-]. The van der Waals surface area contributed by atoms with Crippen molar-refractivity contribution in [2.24, 2.45) is 5.92 Å². The maximum absolute atomic E-state index is 12.1. The number of carbonyl (C=O) groups is 1. The van der Waals surface area contributed by atoms with E-state index in [9.17, 15) is 14.9 Å². The van der Waals surface area contributed by atoms with Gasteiger partial charge >= 0.3 is 0 Å². The Hall–Kier alpha value is -2.42. The highest BCUT2D eigenvalue weighted by Gasteiger charge is 2.30. The van der Waals surface area contributed by atoms with E-state index in [1.54, 1.807) is 13.8 Å². The number of nitro benzene ring substituents is 1. The molecule has 0 aromatic heterocycles. The van der Waals surface area contributed by atoms with Crippen LogP contribution in [0.2, 0.25) is 0 Å². The van der Waals surface area contributed by atoms with Gasteiger partial charge in [0.25, 0.3) is 11.6 Å². The Balaban J connectivity index is 3.08. The zero-order chi connectivity index (χ0) is 15.5. The highest BCUT2D eigenvalue weighted by Crippen LogP contribution is 2.21. The average molecular weight is 275 g/mol. The number of nitrogens with one attached hydrogen (secondary N) is 1. The van der Waals surface area contributed by atoms with Gasteiger partial charge in [-0.25, -0.2) is 0 Å². The van der Waals surface area contributed by atoms with E-state index in [0.29, 0.717) is 5.56 Å². The molecule has 1 aromatic carbocycles. The number of nitriles is 1. The smallest absolute Gasteiger partial charge is 0.273 e. The van der Waals surface area contributed by atoms with Crippen molar-refractivity contribution in [3.8, 4) is 6.07 Å². The first-order valence-electron chi connectivity index (χ1n) is 6.20. The molecule has 20 heavy (non-hydrogen) atoms. The molecule has 0 heterocycles. The molecule has 1 aromatic rings. The van der Waals surface area contributed by atoms with E-state index in [-0.39, 0.29) is 17.2 Å². The summed E-state index contributed by atoms with van der Waals surface area (Å²) in [5, 5.41) is 22.7. The van der Waals surface area contributed by atoms with Crippen LogP contribution in [-0.4, -0.2) is 16.4 Å². The third-order valence-electron chi connectivity index (χ3n) is 3.43. The van der Waals surface area contributed by atoms with Crippen molar-refractivity contribution >= 4 is 11.6 Å². The summed E-state index contributed by atoms with van der Waals surface area (Å²) in [7, 11) is 0. The van der Waals surface area contributed by atoms with E-state index in [2.05, 4.69) is 11.4 Å². The molecule has 6 nitrogen and oxygen atoms in total. The van der Waals surface area contributed by atoms with Gasteiger partial charge in [-0.1, -0.05) is 19.9 Å². The summed E-state index contributed by atoms with van der Waals surface area (Å²) < 4.78 is 0. The van der Waals surface area contributed by atoms with Gasteiger partial charge in [0.2, 0.25) is 0 Å². The van der Waals surface area contributed by atoms with Gasteiger partial charge in [0.15, 0.2) is 0 Å². The van der Waals surface area contributed by atoms with Gasteiger partial charge in [-0.3, -0.25) is 14.9 Å². The monoisotopic (exact) mass is 275 g/mol. The Bertz CT molecular complexity index is 590. The van der Waals surface area contributed by atoms with Crippen LogP contribution < -0.4 is 5.32 Å². The highest BCUT2D eigenvalue weighted by atomic mass is 16.6. The molecule has 1 N–H and O–H groups in total. The standard InChI is InChI=1S/C14H17N3O3/c1-9(2)14(4,8-15)16-13(18)11-6-5-10(3)12(7-11)17(19)20/h5-7,9H,1-4H3,(H,16,18)/t14-/m1/s1. The molecule has 0 fully saturated rings. The van der Waals surface area contributed by atoms with Gasteiger partial charge in [-0.2, -0.15) is 5.26 Å². The van der Waals surface area contributed by atoms with Gasteiger partial charge < -0.3 is 5.32 Å². The van der Waals surface area contributed by atoms with Crippen molar-refractivity contribution in [2.75, 3.05) is 0 Å². The van der Waals surface area contributed by atoms with E-state index in [1.807, 2.05) is 13.8 Å². The number of rotatable bonds is 4. The summed E-state index contributed by atoms with van der Waals surface area (Å²) in [6, 6.07) is 6.32. The Morgan fingerprint density at radius 3 is 2.55 bits per heavy atom. The minimum Gasteiger partial charge on any atom is -0.334 e. The van der Waals surface area contributed by atoms with Gasteiger partial charge in [0, 0.05) is 17.2 Å². The summed E-state index contributed by atoms with van der Waals surface area (Å²) >= 11 is 0. The van der Waals surface area contributed by atoms with Crippen molar-refractivity contribution in [1.82, 2.24) is 5.32 Å². The molecule has 0 aliphatic heterocycles. The highest BCUT2D eigenvalue weighted by molar-refractivity contribution is 5.95. The fourth-order valence-corrected chi connectivity index (χ4v) is 1.56. The molecule has 0 aliphatic rings. The first-order valence-corrected chi connectivity index (χ1v) is 6.20. The molecule has 1 rings (SSSR count). The van der Waals surface area contributed by atoms with Crippen molar-refractivity contribution in [3.63, 3.8) is 0 Å². The molecule has 0 spiro atoms. The lowest BCUT2D eigenvalue weighted by atomic mass is 9.89. The number of benzene rings is 1. The quantitative estimate of drug-likeness (QED) is 0.674. The van der Waals surface area contributed by atoms with Crippen molar-refractivity contribution in [1.29, 1.82) is 5.26 Å². The number of nitrogens with zero attached hydrogens (tertiary/aromatic N) is 2. The lowest BCUT2D eigenvalue weighted by Crippen LogP contribution is -2.48. The topological polar surface area (TPSA) is 96.0 Å². The van der Waals surface area contributed by atoms with Crippen LogP contribution in [0.1, 0.15) is 36.7 Å². The molecule has 0 saturated carbocycles. The molecular weight excluding hydrogens is 258 g/mol. The number of hydrogen-bond acceptors (Lipinski definition) is 4. The van der Waals surface area contributed by atoms with Crippen LogP contribution in [-0.2, 0) is 0 Å². The Morgan fingerprint density at radius 2 is 2.10 bits per heavy atom. The molecule has 0 saturated heterocycles. The third-order valence-corrected chi connectivity index (χ3v) is 3.43. The lowest BCUT2D eigenvalue weighted by molar-refractivity contribution is -0.385. The van der Waals surface area contributed by atoms with Gasteiger partial charge in [-0.15, -0.1) is 0 Å². The molecule has 0 aliphatic carbocycles. The number of amides is 1. The summed E-state index contributed by atoms with van der Waals surface area (Å²) in [6.45, 7) is 6.87. The molecule has 0 unspecified atom stereocenters. The molecular formula is C14H17N3O3. The molecule has 6 heteroatoms. The normalized spacial score (nSPS) is 13.4. The minimum absolute atomic E-state index is 0.0862. The van der Waals surface area contributed by atoms with Crippen molar-refractivity contribution in [2.45, 2.75) is 33.2 Å². The second-order valence-electron chi connectivity index (χ2n) is 5.18. The number of carbonyl (C=O) groups excluding carboxylic acids is 1. The van der Waals surface area contributed by atoms with E-state index >= 15 is 0 Å². The first-order chi connectivity index (χ1) is 9.21. The predicted octanol–water partition coefficient (Wildman–Crippen LogP) is 2.57. The van der Waals surface area contributed by atoms with E-state index in [0.717, 1.165) is 0 Å². The Labute approximate surface area is 117 Å². The van der Waals surface area contributed by atoms with Crippen molar-refractivity contribution < 1.29 is 9.72 Å². The molecule has 1 amide bonds. The first kappa shape index (κ1) is 15.6. The van der Waals surface area contributed by atoms with E-state index in [4.69, 9.17) is 5.26 Å². The van der Waals surface area contributed by atoms with E-state index < -0.39 is 16.4 Å². The minimum atomic E-state index is -1.02. The van der Waals surface area contributed by atoms with Crippen molar-refractivity contribution in [3.05, 3.63) is 39.4 Å². The summed E-state index contributed by atoms with van der Waals surface area (Å²) in [5.74, 6) is -0.581. The Morgan fingerprint density at radius 1 is 1.50 bits per heavy atom. The maximum Gasteiger partial charge on any atom is 0.273 e. The largest absolute Gasteiger partial charge is 0.334 e. The molecule has 0 radical (unpaired) electrons. The summed E-state index contributed by atoms with van der Waals surface area (Å²) in [4.78, 5) is 22.5. The van der Waals surface area contributed by atoms with Crippen LogP contribution in [0.25, 0.3) is 0 Å². The van der Waals surface area contributed by atoms with Crippen LogP contribution >= 0.6 is 0 Å². The van der Waals surface area contributed by atoms with Gasteiger partial charge in [0.1, 0.15) is 5.54 Å². The van der Waals surface area contributed by atoms with Crippen LogP contribution in [0.4, 0.5) is 5.69 Å². The molecule has 106 valence electrons. The van der Waals surface area contributed by atoms with Crippen LogP contribution in [0.15, 0.2) is 18.2 Å². The molecule has 0 bridgehead atoms. The van der Waals surface area contributed by atoms with Gasteiger partial charge in [0.05, 0.1) is 11.0 Å². The maximum atomic E-state index is 12.1. The predicted molar refractivity (Wildman–Crippen MR) is 74.2 cm³/mol. The van der Waals surface area contributed by atoms with E-state index in [1.165, 1.54) is 18.2 Å². The summed E-state index contributed by atoms with van der Waals surface area (Å²) in [6.07, 6.45) is 0. The second-order valence-corrected chi connectivity index (χ2v) is 5.18.